The molecular weight excluding hydrogens is 367 g/mol. The lowest BCUT2D eigenvalue weighted by Crippen LogP contribution is -2.40. The second-order valence-corrected chi connectivity index (χ2v) is 8.15. The van der Waals surface area contributed by atoms with E-state index in [-0.39, 0.29) is 17.8 Å². The highest BCUT2D eigenvalue weighted by atomic mass is 19.1. The predicted octanol–water partition coefficient (Wildman–Crippen LogP) is 3.78. The van der Waals surface area contributed by atoms with Gasteiger partial charge in [0.15, 0.2) is 0 Å². The fraction of sp³-hybridized carbons (Fsp3) is 0.391. The van der Waals surface area contributed by atoms with Crippen LogP contribution in [0.2, 0.25) is 0 Å². The van der Waals surface area contributed by atoms with Crippen molar-refractivity contribution in [1.29, 1.82) is 0 Å². The number of benzene rings is 2. The number of carbonyl (C=O) groups is 1. The first kappa shape index (κ1) is 19.6. The van der Waals surface area contributed by atoms with Gasteiger partial charge in [0.05, 0.1) is 17.4 Å². The zero-order valence-electron chi connectivity index (χ0n) is 17.2. The fourth-order valence-electron chi connectivity index (χ4n) is 4.04. The molecule has 3 aromatic rings. The predicted molar refractivity (Wildman–Crippen MR) is 112 cm³/mol. The lowest BCUT2D eigenvalue weighted by Gasteiger charge is -2.26. The summed E-state index contributed by atoms with van der Waals surface area (Å²) < 4.78 is 15.3. The highest BCUT2D eigenvalue weighted by Crippen LogP contribution is 2.20. The Balaban J connectivity index is 1.44. The van der Waals surface area contributed by atoms with Crippen LogP contribution in [0.5, 0.6) is 0 Å². The van der Waals surface area contributed by atoms with E-state index in [4.69, 9.17) is 0 Å². The molecule has 5 nitrogen and oxygen atoms in total. The van der Waals surface area contributed by atoms with Gasteiger partial charge in [-0.1, -0.05) is 12.1 Å². The molecule has 1 aromatic heterocycles. The Bertz CT molecular complexity index is 1010. The molecule has 1 amide bonds. The zero-order valence-corrected chi connectivity index (χ0v) is 17.2. The van der Waals surface area contributed by atoms with E-state index in [1.165, 1.54) is 12.1 Å². The third-order valence-corrected chi connectivity index (χ3v) is 5.93. The Morgan fingerprint density at radius 1 is 1.24 bits per heavy atom. The molecule has 29 heavy (non-hydrogen) atoms. The van der Waals surface area contributed by atoms with Crippen molar-refractivity contribution in [2.24, 2.45) is 0 Å². The zero-order chi connectivity index (χ0) is 20.5. The Kier molecular flexibility index (Phi) is 5.37. The highest BCUT2D eigenvalue weighted by molar-refractivity contribution is 5.94. The Morgan fingerprint density at radius 3 is 2.69 bits per heavy atom. The van der Waals surface area contributed by atoms with Gasteiger partial charge in [-0.25, -0.2) is 9.37 Å². The number of imidazole rings is 1. The Morgan fingerprint density at radius 2 is 2.00 bits per heavy atom. The molecule has 2 aromatic carbocycles. The van der Waals surface area contributed by atoms with Gasteiger partial charge in [0.25, 0.3) is 5.91 Å². The maximum absolute atomic E-state index is 13.3. The minimum atomic E-state index is -0.284. The molecule has 1 saturated heterocycles. The number of likely N-dealkylation sites (N-methyl/N-ethyl adjacent to an activating group) is 1. The Hall–Kier alpha value is -2.73. The quantitative estimate of drug-likeness (QED) is 0.661. The molecule has 1 fully saturated rings. The van der Waals surface area contributed by atoms with Crippen molar-refractivity contribution in [3.8, 4) is 0 Å². The minimum absolute atomic E-state index is 0.0655. The van der Waals surface area contributed by atoms with Gasteiger partial charge in [0.2, 0.25) is 0 Å². The second-order valence-electron chi connectivity index (χ2n) is 8.15. The van der Waals surface area contributed by atoms with E-state index in [0.717, 1.165) is 30.6 Å². The number of nitrogens with zero attached hydrogens (tertiary/aromatic N) is 4. The average molecular weight is 394 g/mol. The van der Waals surface area contributed by atoms with E-state index in [0.29, 0.717) is 23.7 Å². The first-order valence-corrected chi connectivity index (χ1v) is 10.1. The monoisotopic (exact) mass is 394 g/mol. The lowest BCUT2D eigenvalue weighted by atomic mass is 10.1. The molecule has 1 aliphatic rings. The number of carbonyl (C=O) groups excluding carboxylic acids is 1. The van der Waals surface area contributed by atoms with Crippen LogP contribution in [0.15, 0.2) is 48.8 Å². The molecular formula is C23H27FN4O. The van der Waals surface area contributed by atoms with E-state index >= 15 is 0 Å². The molecule has 152 valence electrons. The summed E-state index contributed by atoms with van der Waals surface area (Å²) in [5.41, 5.74) is 3.31. The van der Waals surface area contributed by atoms with Crippen LogP contribution in [0.1, 0.15) is 36.2 Å². The molecule has 0 bridgehead atoms. The Labute approximate surface area is 170 Å². The van der Waals surface area contributed by atoms with Gasteiger partial charge in [0.1, 0.15) is 5.82 Å². The van der Waals surface area contributed by atoms with Crippen LogP contribution in [0, 0.1) is 5.82 Å². The number of hydrogen-bond acceptors (Lipinski definition) is 3. The van der Waals surface area contributed by atoms with Crippen molar-refractivity contribution in [2.75, 3.05) is 20.1 Å². The standard InChI is InChI=1S/C23H27FN4O/c1-16(2)27-11-10-20(14-27)26(3)23(29)18-6-4-17(5-7-18)13-28-15-25-21-12-19(24)8-9-22(21)28/h4-9,12,15-16,20H,10-11,13-14H2,1-3H3. The third kappa shape index (κ3) is 4.03. The highest BCUT2D eigenvalue weighted by Gasteiger charge is 2.29. The van der Waals surface area contributed by atoms with Crippen LogP contribution < -0.4 is 0 Å². The van der Waals surface area contributed by atoms with Crippen LogP contribution in [0.3, 0.4) is 0 Å². The van der Waals surface area contributed by atoms with E-state index in [9.17, 15) is 9.18 Å². The molecule has 0 spiro atoms. The van der Waals surface area contributed by atoms with E-state index in [2.05, 4.69) is 23.7 Å². The molecule has 0 radical (unpaired) electrons. The van der Waals surface area contributed by atoms with E-state index in [1.807, 2.05) is 40.8 Å². The summed E-state index contributed by atoms with van der Waals surface area (Å²) in [5.74, 6) is -0.218. The normalized spacial score (nSPS) is 17.3. The van der Waals surface area contributed by atoms with Crippen LogP contribution in [-0.4, -0.2) is 57.5 Å². The average Bonchev–Trinajstić information content (AvgIpc) is 3.35. The second kappa shape index (κ2) is 7.95. The SMILES string of the molecule is CC(C)N1CCC(N(C)C(=O)c2ccc(Cn3cnc4cc(F)ccc43)cc2)C1. The summed E-state index contributed by atoms with van der Waals surface area (Å²) in [7, 11) is 1.90. The first-order valence-electron chi connectivity index (χ1n) is 10.1. The topological polar surface area (TPSA) is 41.4 Å². The summed E-state index contributed by atoms with van der Waals surface area (Å²) >= 11 is 0. The van der Waals surface area contributed by atoms with Gasteiger partial charge >= 0.3 is 0 Å². The van der Waals surface area contributed by atoms with Crippen LogP contribution in [0.4, 0.5) is 4.39 Å². The van der Waals surface area contributed by atoms with E-state index < -0.39 is 0 Å². The number of rotatable bonds is 5. The summed E-state index contributed by atoms with van der Waals surface area (Å²) in [6.45, 7) is 7.00. The molecule has 0 N–H and O–H groups in total. The molecule has 0 aliphatic carbocycles. The van der Waals surface area contributed by atoms with Crippen molar-refractivity contribution >= 4 is 16.9 Å². The number of amides is 1. The molecule has 1 atom stereocenters. The molecule has 1 aliphatic heterocycles. The van der Waals surface area contributed by atoms with Crippen molar-refractivity contribution in [3.05, 3.63) is 65.7 Å². The molecule has 6 heteroatoms. The number of aromatic nitrogens is 2. The molecule has 4 rings (SSSR count). The summed E-state index contributed by atoms with van der Waals surface area (Å²) in [6, 6.07) is 13.1. The third-order valence-electron chi connectivity index (χ3n) is 5.93. The van der Waals surface area contributed by atoms with Gasteiger partial charge in [-0.15, -0.1) is 0 Å². The van der Waals surface area contributed by atoms with Gasteiger partial charge < -0.3 is 9.47 Å². The summed E-state index contributed by atoms with van der Waals surface area (Å²) in [5, 5.41) is 0. The lowest BCUT2D eigenvalue weighted by molar-refractivity contribution is 0.0732. The van der Waals surface area contributed by atoms with Crippen LogP contribution in [0.25, 0.3) is 11.0 Å². The first-order chi connectivity index (χ1) is 13.9. The van der Waals surface area contributed by atoms with E-state index in [1.54, 1.807) is 12.4 Å². The van der Waals surface area contributed by atoms with Gasteiger partial charge in [-0.2, -0.15) is 0 Å². The molecule has 1 unspecified atom stereocenters. The minimum Gasteiger partial charge on any atom is -0.337 e. The summed E-state index contributed by atoms with van der Waals surface area (Å²) in [6.07, 6.45) is 2.74. The van der Waals surface area contributed by atoms with Crippen molar-refractivity contribution < 1.29 is 9.18 Å². The van der Waals surface area contributed by atoms with Crippen molar-refractivity contribution in [3.63, 3.8) is 0 Å². The van der Waals surface area contributed by atoms with Gasteiger partial charge in [-0.3, -0.25) is 9.69 Å². The number of fused-ring (bicyclic) bond motifs is 1. The van der Waals surface area contributed by atoms with Crippen molar-refractivity contribution in [1.82, 2.24) is 19.4 Å². The maximum atomic E-state index is 13.3. The number of halogens is 1. The largest absolute Gasteiger partial charge is 0.337 e. The smallest absolute Gasteiger partial charge is 0.253 e. The maximum Gasteiger partial charge on any atom is 0.253 e. The number of hydrogen-bond donors (Lipinski definition) is 0. The number of likely N-dealkylation sites (tertiary alicyclic amines) is 1. The molecule has 0 saturated carbocycles. The van der Waals surface area contributed by atoms with Gasteiger partial charge in [0, 0.05) is 50.4 Å². The van der Waals surface area contributed by atoms with Gasteiger partial charge in [-0.05, 0) is 50.1 Å². The van der Waals surface area contributed by atoms with Crippen molar-refractivity contribution in [2.45, 2.75) is 38.9 Å². The summed E-state index contributed by atoms with van der Waals surface area (Å²) in [4.78, 5) is 21.5. The molecule has 2 heterocycles. The van der Waals surface area contributed by atoms with Crippen LogP contribution >= 0.6 is 0 Å². The van der Waals surface area contributed by atoms with Crippen LogP contribution in [-0.2, 0) is 6.54 Å². The fourth-order valence-corrected chi connectivity index (χ4v) is 4.04.